The van der Waals surface area contributed by atoms with E-state index in [1.54, 1.807) is 6.20 Å². The van der Waals surface area contributed by atoms with Gasteiger partial charge in [-0.25, -0.2) is 0 Å². The fourth-order valence-corrected chi connectivity index (χ4v) is 2.31. The molecule has 0 atom stereocenters. The third-order valence-corrected chi connectivity index (χ3v) is 3.58. The fourth-order valence-electron chi connectivity index (χ4n) is 2.31. The Labute approximate surface area is 126 Å². The zero-order valence-corrected chi connectivity index (χ0v) is 12.9. The summed E-state index contributed by atoms with van der Waals surface area (Å²) in [6.07, 6.45) is 3.54. The van der Waals surface area contributed by atoms with Gasteiger partial charge >= 0.3 is 0 Å². The van der Waals surface area contributed by atoms with Gasteiger partial charge in [0.25, 0.3) is 5.91 Å². The Morgan fingerprint density at radius 2 is 1.95 bits per heavy atom. The molecule has 0 unspecified atom stereocenters. The van der Waals surface area contributed by atoms with E-state index < -0.39 is 0 Å². The number of rotatable bonds is 5. The molecule has 1 amide bonds. The first-order valence-electron chi connectivity index (χ1n) is 7.33. The first-order valence-corrected chi connectivity index (χ1v) is 7.33. The minimum Gasteiger partial charge on any atom is -0.352 e. The van der Waals surface area contributed by atoms with Crippen molar-refractivity contribution in [3.05, 3.63) is 64.5 Å². The molecule has 110 valence electrons. The number of nitrogens with one attached hydrogen (secondary N) is 1. The number of hydrogen-bond acceptors (Lipinski definition) is 2. The largest absolute Gasteiger partial charge is 0.352 e. The van der Waals surface area contributed by atoms with Crippen molar-refractivity contribution in [3.63, 3.8) is 0 Å². The highest BCUT2D eigenvalue weighted by molar-refractivity contribution is 5.93. The Morgan fingerprint density at radius 1 is 1.14 bits per heavy atom. The van der Waals surface area contributed by atoms with E-state index in [1.807, 2.05) is 19.1 Å². The molecule has 0 aliphatic rings. The summed E-state index contributed by atoms with van der Waals surface area (Å²) in [5.74, 6) is -0.0527. The van der Waals surface area contributed by atoms with E-state index in [4.69, 9.17) is 0 Å². The van der Waals surface area contributed by atoms with Crippen molar-refractivity contribution in [1.29, 1.82) is 0 Å². The molecule has 0 spiro atoms. The fraction of sp³-hybridized carbons (Fsp3) is 0.333. The summed E-state index contributed by atoms with van der Waals surface area (Å²) in [5, 5.41) is 2.94. The Morgan fingerprint density at radius 3 is 2.62 bits per heavy atom. The molecule has 1 aromatic carbocycles. The summed E-state index contributed by atoms with van der Waals surface area (Å²) in [5.41, 5.74) is 5.50. The van der Waals surface area contributed by atoms with Crippen LogP contribution in [0.25, 0.3) is 0 Å². The second kappa shape index (κ2) is 7.02. The molecular weight excluding hydrogens is 260 g/mol. The van der Waals surface area contributed by atoms with Gasteiger partial charge in [0.05, 0.1) is 5.56 Å². The summed E-state index contributed by atoms with van der Waals surface area (Å²) >= 11 is 0. The molecule has 21 heavy (non-hydrogen) atoms. The number of carbonyl (C=O) groups is 1. The van der Waals surface area contributed by atoms with Crippen LogP contribution < -0.4 is 5.32 Å². The summed E-state index contributed by atoms with van der Waals surface area (Å²) in [7, 11) is 0. The standard InChI is InChI=1S/C18H22N2O/c1-13-6-8-16(14(2)11-13)5-4-10-19-18(21)17-9-7-15(3)20-12-17/h6-9,11-12H,4-5,10H2,1-3H3,(H,19,21). The van der Waals surface area contributed by atoms with Crippen LogP contribution in [0.1, 0.15) is 39.2 Å². The van der Waals surface area contributed by atoms with Crippen molar-refractivity contribution in [2.75, 3.05) is 6.54 Å². The second-order valence-corrected chi connectivity index (χ2v) is 5.48. The maximum Gasteiger partial charge on any atom is 0.252 e. The van der Waals surface area contributed by atoms with E-state index in [0.717, 1.165) is 18.5 Å². The van der Waals surface area contributed by atoms with E-state index in [0.29, 0.717) is 12.1 Å². The molecular formula is C18H22N2O. The summed E-state index contributed by atoms with van der Waals surface area (Å²) < 4.78 is 0. The Bertz CT molecular complexity index is 618. The maximum absolute atomic E-state index is 11.9. The molecule has 2 aromatic rings. The number of pyridine rings is 1. The van der Waals surface area contributed by atoms with Gasteiger partial charge in [-0.15, -0.1) is 0 Å². The number of benzene rings is 1. The van der Waals surface area contributed by atoms with E-state index in [2.05, 4.69) is 42.3 Å². The molecule has 0 bridgehead atoms. The number of amides is 1. The topological polar surface area (TPSA) is 42.0 Å². The minimum atomic E-state index is -0.0527. The van der Waals surface area contributed by atoms with Crippen molar-refractivity contribution in [2.45, 2.75) is 33.6 Å². The van der Waals surface area contributed by atoms with Crippen LogP contribution >= 0.6 is 0 Å². The van der Waals surface area contributed by atoms with Gasteiger partial charge in [0, 0.05) is 18.4 Å². The Hall–Kier alpha value is -2.16. The van der Waals surface area contributed by atoms with E-state index in [-0.39, 0.29) is 5.91 Å². The minimum absolute atomic E-state index is 0.0527. The smallest absolute Gasteiger partial charge is 0.252 e. The summed E-state index contributed by atoms with van der Waals surface area (Å²) in [6, 6.07) is 10.2. The average Bonchev–Trinajstić information content (AvgIpc) is 2.46. The van der Waals surface area contributed by atoms with Crippen LogP contribution in [0, 0.1) is 20.8 Å². The predicted octanol–water partition coefficient (Wildman–Crippen LogP) is 3.37. The van der Waals surface area contributed by atoms with Gasteiger partial charge in [0.2, 0.25) is 0 Å². The lowest BCUT2D eigenvalue weighted by atomic mass is 10.0. The molecule has 0 saturated carbocycles. The van der Waals surface area contributed by atoms with E-state index in [9.17, 15) is 4.79 Å². The first kappa shape index (κ1) is 15.2. The average molecular weight is 282 g/mol. The maximum atomic E-state index is 11.9. The van der Waals surface area contributed by atoms with Crippen LogP contribution in [0.4, 0.5) is 0 Å². The van der Waals surface area contributed by atoms with Crippen molar-refractivity contribution in [1.82, 2.24) is 10.3 Å². The van der Waals surface area contributed by atoms with Crippen LogP contribution in [-0.2, 0) is 6.42 Å². The SMILES string of the molecule is Cc1ccc(CCCNC(=O)c2ccc(C)nc2)c(C)c1. The summed E-state index contributed by atoms with van der Waals surface area (Å²) in [6.45, 7) is 6.83. The lowest BCUT2D eigenvalue weighted by molar-refractivity contribution is 0.0953. The number of carbonyl (C=O) groups excluding carboxylic acids is 1. The van der Waals surface area contributed by atoms with Gasteiger partial charge in [-0.05, 0) is 56.9 Å². The third-order valence-electron chi connectivity index (χ3n) is 3.58. The number of aromatic nitrogens is 1. The normalized spacial score (nSPS) is 10.4. The molecule has 0 saturated heterocycles. The van der Waals surface area contributed by atoms with Gasteiger partial charge in [-0.2, -0.15) is 0 Å². The van der Waals surface area contributed by atoms with Gasteiger partial charge in [-0.1, -0.05) is 23.8 Å². The van der Waals surface area contributed by atoms with Crippen molar-refractivity contribution in [2.24, 2.45) is 0 Å². The molecule has 3 heteroatoms. The molecule has 0 fully saturated rings. The molecule has 0 aliphatic carbocycles. The van der Waals surface area contributed by atoms with Crippen molar-refractivity contribution >= 4 is 5.91 Å². The van der Waals surface area contributed by atoms with Gasteiger partial charge in [0.1, 0.15) is 0 Å². The van der Waals surface area contributed by atoms with Crippen LogP contribution in [0.5, 0.6) is 0 Å². The molecule has 1 N–H and O–H groups in total. The summed E-state index contributed by atoms with van der Waals surface area (Å²) in [4.78, 5) is 16.1. The lowest BCUT2D eigenvalue weighted by Crippen LogP contribution is -2.24. The molecule has 1 aromatic heterocycles. The number of nitrogens with zero attached hydrogens (tertiary/aromatic N) is 1. The zero-order valence-electron chi connectivity index (χ0n) is 12.9. The molecule has 1 heterocycles. The predicted molar refractivity (Wildman–Crippen MR) is 85.5 cm³/mol. The Balaban J connectivity index is 1.79. The third kappa shape index (κ3) is 4.42. The van der Waals surface area contributed by atoms with Crippen LogP contribution in [0.3, 0.4) is 0 Å². The zero-order chi connectivity index (χ0) is 15.2. The van der Waals surface area contributed by atoms with Gasteiger partial charge in [-0.3, -0.25) is 9.78 Å². The quantitative estimate of drug-likeness (QED) is 0.854. The highest BCUT2D eigenvalue weighted by atomic mass is 16.1. The van der Waals surface area contributed by atoms with Crippen LogP contribution in [0.2, 0.25) is 0 Å². The second-order valence-electron chi connectivity index (χ2n) is 5.48. The highest BCUT2D eigenvalue weighted by Gasteiger charge is 2.05. The lowest BCUT2D eigenvalue weighted by Gasteiger charge is -2.08. The molecule has 3 nitrogen and oxygen atoms in total. The van der Waals surface area contributed by atoms with Crippen LogP contribution in [-0.4, -0.2) is 17.4 Å². The van der Waals surface area contributed by atoms with Gasteiger partial charge in [0.15, 0.2) is 0 Å². The number of hydrogen-bond donors (Lipinski definition) is 1. The number of aryl methyl sites for hydroxylation is 4. The first-order chi connectivity index (χ1) is 10.1. The molecule has 0 radical (unpaired) electrons. The van der Waals surface area contributed by atoms with E-state index in [1.165, 1.54) is 16.7 Å². The monoisotopic (exact) mass is 282 g/mol. The van der Waals surface area contributed by atoms with Crippen LogP contribution in [0.15, 0.2) is 36.5 Å². The Kier molecular flexibility index (Phi) is 5.09. The van der Waals surface area contributed by atoms with Gasteiger partial charge < -0.3 is 5.32 Å². The molecule has 2 rings (SSSR count). The van der Waals surface area contributed by atoms with Crippen molar-refractivity contribution < 1.29 is 4.79 Å². The van der Waals surface area contributed by atoms with Crippen molar-refractivity contribution in [3.8, 4) is 0 Å². The highest BCUT2D eigenvalue weighted by Crippen LogP contribution is 2.12. The molecule has 0 aliphatic heterocycles. The van der Waals surface area contributed by atoms with E-state index >= 15 is 0 Å².